The third kappa shape index (κ3) is 6.53. The predicted molar refractivity (Wildman–Crippen MR) is 110 cm³/mol. The van der Waals surface area contributed by atoms with Crippen molar-refractivity contribution < 1.29 is 17.9 Å². The zero-order valence-electron chi connectivity index (χ0n) is 14.7. The quantitative estimate of drug-likeness (QED) is 0.360. The standard InChI is InChI=1S/C16H25N3O4S.HI/c1-17-16(19-13-7-9-24(20,21)11-13)18-8-6-12-4-5-14(22-2)15(10-12)23-3;/h4-5,10,13H,6-9,11H2,1-3H3,(H2,17,18,19);1H. The van der Waals surface area contributed by atoms with Gasteiger partial charge in [-0.3, -0.25) is 4.99 Å². The summed E-state index contributed by atoms with van der Waals surface area (Å²) >= 11 is 0. The van der Waals surface area contributed by atoms with Crippen LogP contribution in [0.3, 0.4) is 0 Å². The molecule has 0 aromatic heterocycles. The van der Waals surface area contributed by atoms with E-state index in [9.17, 15) is 8.42 Å². The van der Waals surface area contributed by atoms with Crippen LogP contribution in [0.2, 0.25) is 0 Å². The van der Waals surface area contributed by atoms with Crippen LogP contribution in [-0.4, -0.2) is 59.7 Å². The number of ether oxygens (including phenoxy) is 2. The van der Waals surface area contributed by atoms with Crippen molar-refractivity contribution in [1.29, 1.82) is 0 Å². The zero-order valence-corrected chi connectivity index (χ0v) is 17.9. The van der Waals surface area contributed by atoms with E-state index < -0.39 is 9.84 Å². The van der Waals surface area contributed by atoms with Crippen LogP contribution >= 0.6 is 24.0 Å². The lowest BCUT2D eigenvalue weighted by Gasteiger charge is -2.16. The van der Waals surface area contributed by atoms with Crippen molar-refractivity contribution >= 4 is 39.8 Å². The Balaban J connectivity index is 0.00000312. The molecule has 1 aliphatic rings. The topological polar surface area (TPSA) is 89.0 Å². The van der Waals surface area contributed by atoms with Crippen molar-refractivity contribution in [1.82, 2.24) is 10.6 Å². The Morgan fingerprint density at radius 3 is 2.56 bits per heavy atom. The van der Waals surface area contributed by atoms with Crippen molar-refractivity contribution in [3.05, 3.63) is 23.8 Å². The molecule has 0 saturated carbocycles. The third-order valence-corrected chi connectivity index (χ3v) is 5.72. The number of hydrogen-bond acceptors (Lipinski definition) is 5. The van der Waals surface area contributed by atoms with E-state index in [1.807, 2.05) is 18.2 Å². The minimum absolute atomic E-state index is 0. The predicted octanol–water partition coefficient (Wildman–Crippen LogP) is 1.22. The highest BCUT2D eigenvalue weighted by Gasteiger charge is 2.28. The Labute approximate surface area is 166 Å². The van der Waals surface area contributed by atoms with E-state index in [2.05, 4.69) is 15.6 Å². The zero-order chi connectivity index (χ0) is 17.6. The molecule has 1 atom stereocenters. The number of nitrogens with one attached hydrogen (secondary N) is 2. The molecule has 25 heavy (non-hydrogen) atoms. The van der Waals surface area contributed by atoms with Crippen molar-refractivity contribution in [2.75, 3.05) is 39.3 Å². The number of halogens is 1. The van der Waals surface area contributed by atoms with E-state index in [4.69, 9.17) is 9.47 Å². The van der Waals surface area contributed by atoms with Crippen LogP contribution in [0.1, 0.15) is 12.0 Å². The SMILES string of the molecule is CN=C(NCCc1ccc(OC)c(OC)c1)NC1CCS(=O)(=O)C1.I. The van der Waals surface area contributed by atoms with Gasteiger partial charge in [-0.1, -0.05) is 6.07 Å². The fourth-order valence-electron chi connectivity index (χ4n) is 2.66. The van der Waals surface area contributed by atoms with E-state index >= 15 is 0 Å². The van der Waals surface area contributed by atoms with Gasteiger partial charge in [0, 0.05) is 19.6 Å². The van der Waals surface area contributed by atoms with E-state index in [0.29, 0.717) is 30.4 Å². The number of sulfone groups is 1. The Morgan fingerprint density at radius 2 is 2.00 bits per heavy atom. The molecular formula is C16H26IN3O4S. The molecule has 142 valence electrons. The lowest BCUT2D eigenvalue weighted by Crippen LogP contribution is -2.44. The van der Waals surface area contributed by atoms with Gasteiger partial charge in [0.15, 0.2) is 27.3 Å². The number of guanidine groups is 1. The molecule has 1 unspecified atom stereocenters. The summed E-state index contributed by atoms with van der Waals surface area (Å²) in [5.74, 6) is 2.44. The van der Waals surface area contributed by atoms with Crippen LogP contribution in [0.5, 0.6) is 11.5 Å². The van der Waals surface area contributed by atoms with Gasteiger partial charge in [0.25, 0.3) is 0 Å². The van der Waals surface area contributed by atoms with Crippen LogP contribution in [0, 0.1) is 0 Å². The first-order chi connectivity index (χ1) is 11.5. The lowest BCUT2D eigenvalue weighted by atomic mass is 10.1. The molecule has 1 aliphatic heterocycles. The molecule has 0 radical (unpaired) electrons. The molecule has 9 heteroatoms. The maximum absolute atomic E-state index is 11.5. The number of rotatable bonds is 6. The Morgan fingerprint density at radius 1 is 1.28 bits per heavy atom. The van der Waals surface area contributed by atoms with Gasteiger partial charge in [0.2, 0.25) is 0 Å². The van der Waals surface area contributed by atoms with Gasteiger partial charge in [-0.2, -0.15) is 0 Å². The number of hydrogen-bond donors (Lipinski definition) is 2. The molecule has 1 fully saturated rings. The average Bonchev–Trinajstić information content (AvgIpc) is 2.92. The van der Waals surface area contributed by atoms with Crippen molar-refractivity contribution in [3.8, 4) is 11.5 Å². The second-order valence-electron chi connectivity index (χ2n) is 5.68. The number of aliphatic imine (C=N–C) groups is 1. The molecule has 7 nitrogen and oxygen atoms in total. The molecule has 0 amide bonds. The van der Waals surface area contributed by atoms with E-state index in [1.165, 1.54) is 0 Å². The van der Waals surface area contributed by atoms with Crippen molar-refractivity contribution in [3.63, 3.8) is 0 Å². The molecule has 0 spiro atoms. The van der Waals surface area contributed by atoms with Crippen molar-refractivity contribution in [2.24, 2.45) is 4.99 Å². The first-order valence-electron chi connectivity index (χ1n) is 7.86. The minimum Gasteiger partial charge on any atom is -0.493 e. The minimum atomic E-state index is -2.90. The summed E-state index contributed by atoms with van der Waals surface area (Å²) in [4.78, 5) is 4.15. The highest BCUT2D eigenvalue weighted by Crippen LogP contribution is 2.27. The summed E-state index contributed by atoms with van der Waals surface area (Å²) in [7, 11) is 2.00. The molecule has 1 heterocycles. The van der Waals surface area contributed by atoms with Gasteiger partial charge in [-0.25, -0.2) is 8.42 Å². The molecule has 1 aromatic rings. The summed E-state index contributed by atoms with van der Waals surface area (Å²) in [5.41, 5.74) is 1.11. The number of benzene rings is 1. The average molecular weight is 483 g/mol. The fraction of sp³-hybridized carbons (Fsp3) is 0.562. The van der Waals surface area contributed by atoms with Gasteiger partial charge < -0.3 is 20.1 Å². The van der Waals surface area contributed by atoms with Gasteiger partial charge >= 0.3 is 0 Å². The highest BCUT2D eigenvalue weighted by molar-refractivity contribution is 14.0. The number of nitrogens with zero attached hydrogens (tertiary/aromatic N) is 1. The summed E-state index contributed by atoms with van der Waals surface area (Å²) in [5, 5.41) is 6.37. The lowest BCUT2D eigenvalue weighted by molar-refractivity contribution is 0.354. The first kappa shape index (κ1) is 21.8. The molecule has 2 rings (SSSR count). The second-order valence-corrected chi connectivity index (χ2v) is 7.91. The first-order valence-corrected chi connectivity index (χ1v) is 9.68. The van der Waals surface area contributed by atoms with Crippen molar-refractivity contribution in [2.45, 2.75) is 18.9 Å². The smallest absolute Gasteiger partial charge is 0.191 e. The summed E-state index contributed by atoms with van der Waals surface area (Å²) < 4.78 is 33.5. The molecule has 2 N–H and O–H groups in total. The van der Waals surface area contributed by atoms with Crippen LogP contribution in [0.15, 0.2) is 23.2 Å². The van der Waals surface area contributed by atoms with Gasteiger partial charge in [0.05, 0.1) is 25.7 Å². The highest BCUT2D eigenvalue weighted by atomic mass is 127. The van der Waals surface area contributed by atoms with Gasteiger partial charge in [-0.15, -0.1) is 24.0 Å². The molecular weight excluding hydrogens is 457 g/mol. The summed E-state index contributed by atoms with van der Waals surface area (Å²) in [6.45, 7) is 0.675. The van der Waals surface area contributed by atoms with E-state index in [-0.39, 0.29) is 41.5 Å². The molecule has 1 aromatic carbocycles. The molecule has 1 saturated heterocycles. The Kier molecular flexibility index (Phi) is 8.77. The largest absolute Gasteiger partial charge is 0.493 e. The normalized spacial score (nSPS) is 19.0. The maximum Gasteiger partial charge on any atom is 0.191 e. The van der Waals surface area contributed by atoms with E-state index in [1.54, 1.807) is 21.3 Å². The summed E-state index contributed by atoms with van der Waals surface area (Å²) in [6, 6.07) is 5.75. The van der Waals surface area contributed by atoms with Crippen LogP contribution < -0.4 is 20.1 Å². The number of methoxy groups -OCH3 is 2. The van der Waals surface area contributed by atoms with Gasteiger partial charge in [0.1, 0.15) is 0 Å². The second kappa shape index (κ2) is 10.0. The van der Waals surface area contributed by atoms with Crippen LogP contribution in [0.4, 0.5) is 0 Å². The Hall–Kier alpha value is -1.23. The van der Waals surface area contributed by atoms with Crippen LogP contribution in [-0.2, 0) is 16.3 Å². The maximum atomic E-state index is 11.5. The van der Waals surface area contributed by atoms with Gasteiger partial charge in [-0.05, 0) is 30.5 Å². The summed E-state index contributed by atoms with van der Waals surface area (Å²) in [6.07, 6.45) is 1.41. The fourth-order valence-corrected chi connectivity index (χ4v) is 4.33. The third-order valence-electron chi connectivity index (χ3n) is 3.95. The van der Waals surface area contributed by atoms with E-state index in [0.717, 1.165) is 12.0 Å². The Bertz CT molecular complexity index is 695. The molecule has 0 bridgehead atoms. The van der Waals surface area contributed by atoms with Crippen LogP contribution in [0.25, 0.3) is 0 Å². The monoisotopic (exact) mass is 483 g/mol. The molecule has 0 aliphatic carbocycles.